The van der Waals surface area contributed by atoms with Crippen molar-refractivity contribution >= 4 is 5.91 Å². The molecular formula is C13H17N5O3. The number of nitrogens with one attached hydrogen (secondary N) is 2. The third-order valence-corrected chi connectivity index (χ3v) is 2.97. The van der Waals surface area contributed by atoms with E-state index in [1.54, 1.807) is 27.7 Å². The first-order chi connectivity index (χ1) is 9.86. The molecule has 8 nitrogen and oxygen atoms in total. The molecule has 0 aliphatic heterocycles. The first-order valence-electron chi connectivity index (χ1n) is 6.52. The lowest BCUT2D eigenvalue weighted by Crippen LogP contribution is -2.31. The molecule has 0 saturated carbocycles. The minimum atomic E-state index is -0.420. The maximum atomic E-state index is 12.0. The van der Waals surface area contributed by atoms with Gasteiger partial charge in [-0.1, -0.05) is 0 Å². The monoisotopic (exact) mass is 291 g/mol. The minimum absolute atomic E-state index is 0.0497. The number of nitrogens with zero attached hydrogens (tertiary/aromatic N) is 3. The van der Waals surface area contributed by atoms with Gasteiger partial charge in [0.25, 0.3) is 5.56 Å². The Hall–Kier alpha value is -2.51. The SMILES string of the molecule is Cc1nc(C)c(CC(=O)N[C@H](C)c2nnc(C)o2)c(=O)[nH]1. The van der Waals surface area contributed by atoms with Gasteiger partial charge in [0.1, 0.15) is 11.9 Å². The van der Waals surface area contributed by atoms with Crippen LogP contribution in [-0.2, 0) is 11.2 Å². The quantitative estimate of drug-likeness (QED) is 0.847. The Morgan fingerprint density at radius 1 is 1.33 bits per heavy atom. The van der Waals surface area contributed by atoms with Gasteiger partial charge in [0.15, 0.2) is 0 Å². The van der Waals surface area contributed by atoms with Gasteiger partial charge < -0.3 is 14.7 Å². The molecule has 2 heterocycles. The second-order valence-electron chi connectivity index (χ2n) is 4.84. The summed E-state index contributed by atoms with van der Waals surface area (Å²) in [5, 5.41) is 10.3. The highest BCUT2D eigenvalue weighted by Gasteiger charge is 2.17. The lowest BCUT2D eigenvalue weighted by atomic mass is 10.1. The van der Waals surface area contributed by atoms with Crippen LogP contribution in [0.4, 0.5) is 0 Å². The number of rotatable bonds is 4. The van der Waals surface area contributed by atoms with Gasteiger partial charge in [-0.2, -0.15) is 0 Å². The molecule has 0 fully saturated rings. The van der Waals surface area contributed by atoms with Gasteiger partial charge in [-0.3, -0.25) is 9.59 Å². The molecule has 112 valence electrons. The minimum Gasteiger partial charge on any atom is -0.423 e. The van der Waals surface area contributed by atoms with Crippen molar-refractivity contribution in [3.63, 3.8) is 0 Å². The van der Waals surface area contributed by atoms with Gasteiger partial charge >= 0.3 is 0 Å². The summed E-state index contributed by atoms with van der Waals surface area (Å²) in [7, 11) is 0. The molecule has 0 radical (unpaired) electrons. The van der Waals surface area contributed by atoms with Crippen LogP contribution in [-0.4, -0.2) is 26.1 Å². The van der Waals surface area contributed by atoms with Crippen LogP contribution < -0.4 is 10.9 Å². The zero-order valence-electron chi connectivity index (χ0n) is 12.4. The normalized spacial score (nSPS) is 12.2. The van der Waals surface area contributed by atoms with E-state index < -0.39 is 6.04 Å². The smallest absolute Gasteiger partial charge is 0.254 e. The van der Waals surface area contributed by atoms with Crippen molar-refractivity contribution in [2.45, 2.75) is 40.2 Å². The summed E-state index contributed by atoms with van der Waals surface area (Å²) in [6.45, 7) is 6.80. The number of amides is 1. The molecule has 0 aliphatic rings. The lowest BCUT2D eigenvalue weighted by Gasteiger charge is -2.10. The first-order valence-corrected chi connectivity index (χ1v) is 6.52. The molecule has 0 bridgehead atoms. The maximum absolute atomic E-state index is 12.0. The van der Waals surface area contributed by atoms with Gasteiger partial charge in [0.2, 0.25) is 17.7 Å². The van der Waals surface area contributed by atoms with E-state index in [2.05, 4.69) is 25.5 Å². The zero-order chi connectivity index (χ0) is 15.6. The van der Waals surface area contributed by atoms with E-state index in [0.29, 0.717) is 28.9 Å². The molecule has 0 aliphatic carbocycles. The first kappa shape index (κ1) is 14.9. The number of aromatic amines is 1. The van der Waals surface area contributed by atoms with E-state index in [9.17, 15) is 9.59 Å². The van der Waals surface area contributed by atoms with Crippen molar-refractivity contribution in [1.29, 1.82) is 0 Å². The average Bonchev–Trinajstić information content (AvgIpc) is 2.80. The fourth-order valence-electron chi connectivity index (χ4n) is 1.96. The number of carbonyl (C=O) groups is 1. The summed E-state index contributed by atoms with van der Waals surface area (Å²) in [5.41, 5.74) is 0.608. The topological polar surface area (TPSA) is 114 Å². The number of aromatic nitrogens is 4. The molecule has 1 amide bonds. The number of hydrogen-bond donors (Lipinski definition) is 2. The Labute approximate surface area is 121 Å². The second-order valence-corrected chi connectivity index (χ2v) is 4.84. The average molecular weight is 291 g/mol. The molecule has 2 rings (SSSR count). The Morgan fingerprint density at radius 2 is 2.05 bits per heavy atom. The van der Waals surface area contributed by atoms with Gasteiger partial charge in [0, 0.05) is 18.2 Å². The molecule has 2 aromatic rings. The van der Waals surface area contributed by atoms with E-state index in [-0.39, 0.29) is 17.9 Å². The van der Waals surface area contributed by atoms with Gasteiger partial charge in [-0.15, -0.1) is 10.2 Å². The lowest BCUT2D eigenvalue weighted by molar-refractivity contribution is -0.121. The highest BCUT2D eigenvalue weighted by molar-refractivity contribution is 5.79. The fourth-order valence-corrected chi connectivity index (χ4v) is 1.96. The summed E-state index contributed by atoms with van der Waals surface area (Å²) >= 11 is 0. The maximum Gasteiger partial charge on any atom is 0.254 e. The van der Waals surface area contributed by atoms with Crippen molar-refractivity contribution in [3.8, 4) is 0 Å². The van der Waals surface area contributed by atoms with Gasteiger partial charge in [0.05, 0.1) is 6.42 Å². The second kappa shape index (κ2) is 5.86. The molecule has 0 spiro atoms. The van der Waals surface area contributed by atoms with E-state index >= 15 is 0 Å². The zero-order valence-corrected chi connectivity index (χ0v) is 12.4. The van der Waals surface area contributed by atoms with E-state index in [1.807, 2.05) is 0 Å². The van der Waals surface area contributed by atoms with Crippen LogP contribution in [0.1, 0.15) is 41.8 Å². The molecule has 0 unspecified atom stereocenters. The number of H-pyrrole nitrogens is 1. The summed E-state index contributed by atoms with van der Waals surface area (Å²) < 4.78 is 5.24. The fraction of sp³-hybridized carbons (Fsp3) is 0.462. The van der Waals surface area contributed by atoms with E-state index in [4.69, 9.17) is 4.42 Å². The predicted octanol–water partition coefficient (Wildman–Crippen LogP) is 0.498. The predicted molar refractivity (Wildman–Crippen MR) is 73.6 cm³/mol. The van der Waals surface area contributed by atoms with Gasteiger partial charge in [-0.25, -0.2) is 4.98 Å². The van der Waals surface area contributed by atoms with Crippen LogP contribution in [0.15, 0.2) is 9.21 Å². The summed E-state index contributed by atoms with van der Waals surface area (Å²) in [6, 6.07) is -0.420. The summed E-state index contributed by atoms with van der Waals surface area (Å²) in [5.74, 6) is 0.976. The third kappa shape index (κ3) is 3.53. The van der Waals surface area contributed by atoms with Crippen LogP contribution in [0.25, 0.3) is 0 Å². The number of aryl methyl sites for hydroxylation is 3. The van der Waals surface area contributed by atoms with Gasteiger partial charge in [-0.05, 0) is 20.8 Å². The van der Waals surface area contributed by atoms with Crippen LogP contribution in [0.3, 0.4) is 0 Å². The molecule has 2 N–H and O–H groups in total. The van der Waals surface area contributed by atoms with E-state index in [1.165, 1.54) is 0 Å². The van der Waals surface area contributed by atoms with Crippen molar-refractivity contribution in [2.75, 3.05) is 0 Å². The molecule has 8 heteroatoms. The van der Waals surface area contributed by atoms with Crippen molar-refractivity contribution < 1.29 is 9.21 Å². The standard InChI is InChI=1S/C13H17N5O3/c1-6-10(12(20)16-8(3)14-6)5-11(19)15-7(2)13-18-17-9(4)21-13/h7H,5H2,1-4H3,(H,15,19)(H,14,16,20)/t7-/m1/s1. The summed E-state index contributed by atoms with van der Waals surface area (Å²) in [4.78, 5) is 30.6. The van der Waals surface area contributed by atoms with Crippen LogP contribution in [0, 0.1) is 20.8 Å². The van der Waals surface area contributed by atoms with E-state index in [0.717, 1.165) is 0 Å². The Morgan fingerprint density at radius 3 is 2.62 bits per heavy atom. The number of carbonyl (C=O) groups excluding carboxylic acids is 1. The molecule has 21 heavy (non-hydrogen) atoms. The Bertz CT molecular complexity index is 719. The van der Waals surface area contributed by atoms with Crippen LogP contribution in [0.5, 0.6) is 0 Å². The number of hydrogen-bond acceptors (Lipinski definition) is 6. The highest BCUT2D eigenvalue weighted by atomic mass is 16.4. The third-order valence-electron chi connectivity index (χ3n) is 2.97. The Kier molecular flexibility index (Phi) is 4.15. The Balaban J connectivity index is 2.07. The van der Waals surface area contributed by atoms with Crippen molar-refractivity contribution in [1.82, 2.24) is 25.5 Å². The molecule has 1 atom stereocenters. The molecule has 0 saturated heterocycles. The highest BCUT2D eigenvalue weighted by Crippen LogP contribution is 2.10. The summed E-state index contributed by atoms with van der Waals surface area (Å²) in [6.07, 6.45) is -0.0497. The van der Waals surface area contributed by atoms with Crippen LogP contribution >= 0.6 is 0 Å². The largest absolute Gasteiger partial charge is 0.423 e. The molecule has 2 aromatic heterocycles. The van der Waals surface area contributed by atoms with Crippen molar-refractivity contribution in [2.24, 2.45) is 0 Å². The molecular weight excluding hydrogens is 274 g/mol. The molecule has 0 aromatic carbocycles. The van der Waals surface area contributed by atoms with Crippen molar-refractivity contribution in [3.05, 3.63) is 39.2 Å². The van der Waals surface area contributed by atoms with Crippen LogP contribution in [0.2, 0.25) is 0 Å².